The van der Waals surface area contributed by atoms with Crippen LogP contribution in [0.3, 0.4) is 0 Å². The van der Waals surface area contributed by atoms with E-state index < -0.39 is 0 Å². The summed E-state index contributed by atoms with van der Waals surface area (Å²) in [6.07, 6.45) is 2.51. The SMILES string of the molecule is COc1cc(CC(C)N)cc2ccoc12. The van der Waals surface area contributed by atoms with Gasteiger partial charge in [-0.1, -0.05) is 0 Å². The van der Waals surface area contributed by atoms with Crippen molar-refractivity contribution in [2.24, 2.45) is 5.73 Å². The predicted octanol–water partition coefficient (Wildman–Crippen LogP) is 2.33. The van der Waals surface area contributed by atoms with E-state index in [-0.39, 0.29) is 6.04 Å². The summed E-state index contributed by atoms with van der Waals surface area (Å²) in [4.78, 5) is 0. The van der Waals surface area contributed by atoms with Gasteiger partial charge in [-0.25, -0.2) is 0 Å². The molecule has 1 atom stereocenters. The van der Waals surface area contributed by atoms with Crippen LogP contribution < -0.4 is 10.5 Å². The topological polar surface area (TPSA) is 48.4 Å². The van der Waals surface area contributed by atoms with Crippen LogP contribution >= 0.6 is 0 Å². The van der Waals surface area contributed by atoms with Crippen LogP contribution in [0.25, 0.3) is 11.0 Å². The maximum atomic E-state index is 5.77. The van der Waals surface area contributed by atoms with Crippen molar-refractivity contribution in [2.75, 3.05) is 7.11 Å². The molecule has 0 aliphatic rings. The number of ether oxygens (including phenoxy) is 1. The first-order valence-electron chi connectivity index (χ1n) is 5.00. The van der Waals surface area contributed by atoms with Crippen molar-refractivity contribution in [1.29, 1.82) is 0 Å². The average Bonchev–Trinajstić information content (AvgIpc) is 2.63. The van der Waals surface area contributed by atoms with Crippen molar-refractivity contribution in [2.45, 2.75) is 19.4 Å². The summed E-state index contributed by atoms with van der Waals surface area (Å²) in [6, 6.07) is 6.15. The Morgan fingerprint density at radius 1 is 1.47 bits per heavy atom. The summed E-state index contributed by atoms with van der Waals surface area (Å²) in [7, 11) is 1.65. The van der Waals surface area contributed by atoms with Crippen molar-refractivity contribution in [1.82, 2.24) is 0 Å². The first-order valence-corrected chi connectivity index (χ1v) is 5.00. The van der Waals surface area contributed by atoms with Gasteiger partial charge in [0.05, 0.1) is 13.4 Å². The molecule has 3 nitrogen and oxygen atoms in total. The minimum atomic E-state index is 0.152. The molecular weight excluding hydrogens is 190 g/mol. The third kappa shape index (κ3) is 1.97. The molecule has 0 spiro atoms. The first kappa shape index (κ1) is 10.1. The summed E-state index contributed by atoms with van der Waals surface area (Å²) >= 11 is 0. The first-order chi connectivity index (χ1) is 7.20. The Morgan fingerprint density at radius 2 is 2.27 bits per heavy atom. The number of benzene rings is 1. The molecule has 2 rings (SSSR count). The van der Waals surface area contributed by atoms with Gasteiger partial charge in [-0.2, -0.15) is 0 Å². The lowest BCUT2D eigenvalue weighted by atomic mass is 10.1. The van der Waals surface area contributed by atoms with Gasteiger partial charge in [-0.15, -0.1) is 0 Å². The van der Waals surface area contributed by atoms with Crippen LogP contribution in [0.4, 0.5) is 0 Å². The summed E-state index contributed by atoms with van der Waals surface area (Å²) in [5.74, 6) is 0.771. The fraction of sp³-hybridized carbons (Fsp3) is 0.333. The van der Waals surface area contributed by atoms with Gasteiger partial charge in [0.25, 0.3) is 0 Å². The lowest BCUT2D eigenvalue weighted by Crippen LogP contribution is -2.17. The molecule has 0 aliphatic heterocycles. The summed E-state index contributed by atoms with van der Waals surface area (Å²) in [5.41, 5.74) is 7.74. The highest BCUT2D eigenvalue weighted by molar-refractivity contribution is 5.83. The molecule has 0 radical (unpaired) electrons. The van der Waals surface area contributed by atoms with E-state index in [0.29, 0.717) is 0 Å². The highest BCUT2D eigenvalue weighted by atomic mass is 16.5. The van der Waals surface area contributed by atoms with Crippen molar-refractivity contribution >= 4 is 11.0 Å². The van der Waals surface area contributed by atoms with Crippen LogP contribution in [0.5, 0.6) is 5.75 Å². The number of hydrogen-bond donors (Lipinski definition) is 1. The molecule has 0 saturated carbocycles. The van der Waals surface area contributed by atoms with E-state index in [1.54, 1.807) is 13.4 Å². The minimum absolute atomic E-state index is 0.152. The zero-order valence-electron chi connectivity index (χ0n) is 8.99. The molecule has 0 amide bonds. The fourth-order valence-electron chi connectivity index (χ4n) is 1.75. The van der Waals surface area contributed by atoms with Crippen LogP contribution in [0.1, 0.15) is 12.5 Å². The monoisotopic (exact) mass is 205 g/mol. The Balaban J connectivity index is 2.49. The maximum absolute atomic E-state index is 5.77. The van der Waals surface area contributed by atoms with Crippen LogP contribution in [0, 0.1) is 0 Å². The number of fused-ring (bicyclic) bond motifs is 1. The van der Waals surface area contributed by atoms with Crippen molar-refractivity contribution in [3.8, 4) is 5.75 Å². The highest BCUT2D eigenvalue weighted by Crippen LogP contribution is 2.28. The van der Waals surface area contributed by atoms with Gasteiger partial charge >= 0.3 is 0 Å². The Kier molecular flexibility index (Phi) is 2.64. The van der Waals surface area contributed by atoms with E-state index in [4.69, 9.17) is 14.9 Å². The number of rotatable bonds is 3. The van der Waals surface area contributed by atoms with Gasteiger partial charge in [0, 0.05) is 11.4 Å². The molecule has 2 aromatic rings. The zero-order valence-corrected chi connectivity index (χ0v) is 8.99. The Labute approximate surface area is 88.8 Å². The number of furan rings is 1. The second-order valence-corrected chi connectivity index (χ2v) is 3.82. The molecule has 2 N–H and O–H groups in total. The molecule has 0 aliphatic carbocycles. The molecule has 1 unspecified atom stereocenters. The van der Waals surface area contributed by atoms with E-state index in [1.807, 2.05) is 19.1 Å². The summed E-state index contributed by atoms with van der Waals surface area (Å²) in [6.45, 7) is 1.99. The molecule has 15 heavy (non-hydrogen) atoms. The standard InChI is InChI=1S/C12H15NO2/c1-8(13)5-9-6-10-3-4-15-12(10)11(7-9)14-2/h3-4,6-8H,5,13H2,1-2H3. The molecule has 1 aromatic carbocycles. The van der Waals surface area contributed by atoms with E-state index in [1.165, 1.54) is 5.56 Å². The van der Waals surface area contributed by atoms with Crippen molar-refractivity contribution in [3.63, 3.8) is 0 Å². The van der Waals surface area contributed by atoms with Crippen LogP contribution in [-0.4, -0.2) is 13.2 Å². The van der Waals surface area contributed by atoms with Crippen LogP contribution in [0.2, 0.25) is 0 Å². The molecule has 0 saturated heterocycles. The summed E-state index contributed by atoms with van der Waals surface area (Å²) < 4.78 is 10.6. The largest absolute Gasteiger partial charge is 0.493 e. The zero-order chi connectivity index (χ0) is 10.8. The van der Waals surface area contributed by atoms with Gasteiger partial charge < -0.3 is 14.9 Å². The lowest BCUT2D eigenvalue weighted by Gasteiger charge is -2.07. The number of hydrogen-bond acceptors (Lipinski definition) is 3. The quantitative estimate of drug-likeness (QED) is 0.836. The lowest BCUT2D eigenvalue weighted by molar-refractivity contribution is 0.409. The van der Waals surface area contributed by atoms with E-state index >= 15 is 0 Å². The highest BCUT2D eigenvalue weighted by Gasteiger charge is 2.08. The fourth-order valence-corrected chi connectivity index (χ4v) is 1.75. The predicted molar refractivity (Wildman–Crippen MR) is 60.1 cm³/mol. The van der Waals surface area contributed by atoms with Gasteiger partial charge in [-0.05, 0) is 37.1 Å². The van der Waals surface area contributed by atoms with Crippen molar-refractivity contribution < 1.29 is 9.15 Å². The van der Waals surface area contributed by atoms with Crippen LogP contribution in [0.15, 0.2) is 28.9 Å². The summed E-state index contributed by atoms with van der Waals surface area (Å²) in [5, 5.41) is 1.06. The van der Waals surface area contributed by atoms with E-state index in [9.17, 15) is 0 Å². The van der Waals surface area contributed by atoms with Gasteiger partial charge in [-0.3, -0.25) is 0 Å². The molecular formula is C12H15NO2. The van der Waals surface area contributed by atoms with Crippen molar-refractivity contribution in [3.05, 3.63) is 30.0 Å². The maximum Gasteiger partial charge on any atom is 0.175 e. The molecule has 80 valence electrons. The minimum Gasteiger partial charge on any atom is -0.493 e. The van der Waals surface area contributed by atoms with E-state index in [2.05, 4.69) is 6.07 Å². The van der Waals surface area contributed by atoms with E-state index in [0.717, 1.165) is 23.1 Å². The molecule has 1 aromatic heterocycles. The Bertz CT molecular complexity index is 460. The normalized spacial score (nSPS) is 13.0. The van der Waals surface area contributed by atoms with Gasteiger partial charge in [0.2, 0.25) is 0 Å². The Hall–Kier alpha value is -1.48. The molecule has 3 heteroatoms. The molecule has 0 bridgehead atoms. The number of methoxy groups -OCH3 is 1. The molecule has 1 heterocycles. The van der Waals surface area contributed by atoms with Crippen LogP contribution in [-0.2, 0) is 6.42 Å². The second kappa shape index (κ2) is 3.95. The average molecular weight is 205 g/mol. The smallest absolute Gasteiger partial charge is 0.175 e. The molecule has 0 fully saturated rings. The van der Waals surface area contributed by atoms with Gasteiger partial charge in [0.15, 0.2) is 11.3 Å². The van der Waals surface area contributed by atoms with Gasteiger partial charge in [0.1, 0.15) is 0 Å². The number of nitrogens with two attached hydrogens (primary N) is 1. The third-order valence-corrected chi connectivity index (χ3v) is 2.35. The Morgan fingerprint density at radius 3 is 2.93 bits per heavy atom. The third-order valence-electron chi connectivity index (χ3n) is 2.35. The second-order valence-electron chi connectivity index (χ2n) is 3.82.